The fourth-order valence-electron chi connectivity index (χ4n) is 5.39. The lowest BCUT2D eigenvalue weighted by Crippen LogP contribution is -2.60. The van der Waals surface area contributed by atoms with Gasteiger partial charge in [-0.3, -0.25) is 4.90 Å². The summed E-state index contributed by atoms with van der Waals surface area (Å²) in [5, 5.41) is 3.83. The van der Waals surface area contributed by atoms with Crippen LogP contribution in [0.1, 0.15) is 44.9 Å². The highest BCUT2D eigenvalue weighted by atomic mass is 15.2. The van der Waals surface area contributed by atoms with Crippen molar-refractivity contribution in [2.24, 2.45) is 17.8 Å². The van der Waals surface area contributed by atoms with Crippen LogP contribution in [0.3, 0.4) is 0 Å². The van der Waals surface area contributed by atoms with E-state index in [2.05, 4.69) is 10.2 Å². The highest BCUT2D eigenvalue weighted by Gasteiger charge is 2.47. The van der Waals surface area contributed by atoms with Crippen LogP contribution in [0.25, 0.3) is 0 Å². The molecule has 4 rings (SSSR count). The van der Waals surface area contributed by atoms with Gasteiger partial charge in [0.15, 0.2) is 0 Å². The van der Waals surface area contributed by atoms with E-state index >= 15 is 0 Å². The van der Waals surface area contributed by atoms with Gasteiger partial charge in [0.05, 0.1) is 0 Å². The van der Waals surface area contributed by atoms with E-state index in [9.17, 15) is 0 Å². The SMILES string of the molecule is C1CN[C@@H]2C[C@H]3C[C@H](CN4CCCC[C@@H]34)[C@H]2C1. The van der Waals surface area contributed by atoms with Crippen molar-refractivity contribution in [3.05, 3.63) is 0 Å². The largest absolute Gasteiger partial charge is 0.314 e. The van der Waals surface area contributed by atoms with E-state index in [0.29, 0.717) is 0 Å². The Kier molecular flexibility index (Phi) is 2.69. The van der Waals surface area contributed by atoms with Crippen molar-refractivity contribution in [2.75, 3.05) is 19.6 Å². The van der Waals surface area contributed by atoms with Crippen molar-refractivity contribution >= 4 is 0 Å². The quantitative estimate of drug-likeness (QED) is 0.691. The summed E-state index contributed by atoms with van der Waals surface area (Å²) in [5.41, 5.74) is 0. The van der Waals surface area contributed by atoms with Gasteiger partial charge in [0.25, 0.3) is 0 Å². The summed E-state index contributed by atoms with van der Waals surface area (Å²) in [6.45, 7) is 4.13. The molecule has 2 bridgehead atoms. The molecule has 17 heavy (non-hydrogen) atoms. The number of nitrogens with zero attached hydrogens (tertiary/aromatic N) is 1. The molecule has 4 fully saturated rings. The van der Waals surface area contributed by atoms with Gasteiger partial charge in [0.2, 0.25) is 0 Å². The fourth-order valence-corrected chi connectivity index (χ4v) is 5.39. The zero-order valence-electron chi connectivity index (χ0n) is 10.9. The van der Waals surface area contributed by atoms with Crippen LogP contribution in [0.4, 0.5) is 0 Å². The van der Waals surface area contributed by atoms with E-state index < -0.39 is 0 Å². The van der Waals surface area contributed by atoms with Gasteiger partial charge in [-0.1, -0.05) is 6.42 Å². The van der Waals surface area contributed by atoms with Gasteiger partial charge in [-0.2, -0.15) is 0 Å². The van der Waals surface area contributed by atoms with Crippen LogP contribution in [0.5, 0.6) is 0 Å². The van der Waals surface area contributed by atoms with Crippen molar-refractivity contribution in [3.8, 4) is 0 Å². The maximum absolute atomic E-state index is 3.83. The maximum Gasteiger partial charge on any atom is 0.0124 e. The molecule has 5 atom stereocenters. The molecule has 3 saturated heterocycles. The fraction of sp³-hybridized carbons (Fsp3) is 1.00. The number of hydrogen-bond acceptors (Lipinski definition) is 2. The molecule has 0 aromatic rings. The second-order valence-corrected chi connectivity index (χ2v) is 6.92. The molecule has 0 amide bonds. The van der Waals surface area contributed by atoms with Crippen LogP contribution in [0, 0.1) is 17.8 Å². The summed E-state index contributed by atoms with van der Waals surface area (Å²) in [5.74, 6) is 3.07. The second kappa shape index (κ2) is 4.24. The molecule has 3 heterocycles. The first-order valence-corrected chi connectivity index (χ1v) is 7.89. The molecule has 0 radical (unpaired) electrons. The Labute approximate surface area is 105 Å². The lowest BCUT2D eigenvalue weighted by molar-refractivity contribution is -0.0440. The van der Waals surface area contributed by atoms with Gasteiger partial charge in [-0.25, -0.2) is 0 Å². The summed E-state index contributed by atoms with van der Waals surface area (Å²) < 4.78 is 0. The Hall–Kier alpha value is -0.0800. The van der Waals surface area contributed by atoms with E-state index in [1.54, 1.807) is 6.42 Å². The van der Waals surface area contributed by atoms with Crippen LogP contribution in [0.15, 0.2) is 0 Å². The summed E-state index contributed by atoms with van der Waals surface area (Å²) in [6, 6.07) is 1.85. The molecular weight excluding hydrogens is 208 g/mol. The minimum absolute atomic E-state index is 0.886. The number of rotatable bonds is 0. The Bertz CT molecular complexity index is 263. The Balaban J connectivity index is 1.56. The lowest BCUT2D eigenvalue weighted by atomic mass is 9.62. The summed E-state index contributed by atoms with van der Waals surface area (Å²) in [7, 11) is 0. The minimum atomic E-state index is 0.886. The van der Waals surface area contributed by atoms with E-state index in [0.717, 1.165) is 29.8 Å². The predicted molar refractivity (Wildman–Crippen MR) is 69.9 cm³/mol. The molecule has 2 nitrogen and oxygen atoms in total. The smallest absolute Gasteiger partial charge is 0.0124 e. The average Bonchev–Trinajstić information content (AvgIpc) is 2.39. The summed E-state index contributed by atoms with van der Waals surface area (Å²) in [4.78, 5) is 2.87. The van der Waals surface area contributed by atoms with E-state index in [1.807, 2.05) is 0 Å². The van der Waals surface area contributed by atoms with Crippen molar-refractivity contribution in [3.63, 3.8) is 0 Å². The minimum Gasteiger partial charge on any atom is -0.314 e. The number of hydrogen-bond donors (Lipinski definition) is 1. The van der Waals surface area contributed by atoms with E-state index in [1.165, 1.54) is 58.2 Å². The molecule has 4 aliphatic rings. The number of nitrogens with one attached hydrogen (secondary N) is 1. The molecule has 0 unspecified atom stereocenters. The Morgan fingerprint density at radius 2 is 1.94 bits per heavy atom. The first kappa shape index (κ1) is 10.8. The first-order chi connectivity index (χ1) is 8.42. The van der Waals surface area contributed by atoms with Crippen molar-refractivity contribution < 1.29 is 0 Å². The normalized spacial score (nSPS) is 50.5. The molecule has 2 heteroatoms. The average molecular weight is 234 g/mol. The topological polar surface area (TPSA) is 15.3 Å². The summed E-state index contributed by atoms with van der Waals surface area (Å²) in [6.07, 6.45) is 10.4. The lowest BCUT2D eigenvalue weighted by Gasteiger charge is -2.56. The monoisotopic (exact) mass is 234 g/mol. The molecule has 1 saturated carbocycles. The van der Waals surface area contributed by atoms with Crippen LogP contribution < -0.4 is 5.32 Å². The maximum atomic E-state index is 3.83. The van der Waals surface area contributed by atoms with Gasteiger partial charge in [-0.05, 0) is 69.4 Å². The molecule has 3 aliphatic heterocycles. The van der Waals surface area contributed by atoms with Gasteiger partial charge in [0.1, 0.15) is 0 Å². The van der Waals surface area contributed by atoms with E-state index in [-0.39, 0.29) is 0 Å². The highest BCUT2D eigenvalue weighted by molar-refractivity contribution is 5.01. The predicted octanol–water partition coefficient (Wildman–Crippen LogP) is 2.25. The molecular formula is C15H26N2. The molecule has 0 spiro atoms. The third-order valence-corrected chi connectivity index (χ3v) is 6.08. The molecule has 0 aromatic carbocycles. The number of piperidine rings is 3. The summed E-state index contributed by atoms with van der Waals surface area (Å²) >= 11 is 0. The Morgan fingerprint density at radius 1 is 0.941 bits per heavy atom. The highest BCUT2D eigenvalue weighted by Crippen LogP contribution is 2.46. The van der Waals surface area contributed by atoms with Crippen molar-refractivity contribution in [2.45, 2.75) is 57.0 Å². The number of fused-ring (bicyclic) bond motifs is 6. The standard InChI is InChI=1S/C15H26N2/c1-2-7-17-10-12-8-11(15(17)5-1)9-14-13(12)4-3-6-16-14/h11-16H,1-10H2/t11-,12-,13-,14-,15+/m1/s1. The van der Waals surface area contributed by atoms with Crippen molar-refractivity contribution in [1.82, 2.24) is 10.2 Å². The van der Waals surface area contributed by atoms with E-state index in [4.69, 9.17) is 0 Å². The Morgan fingerprint density at radius 3 is 2.94 bits per heavy atom. The van der Waals surface area contributed by atoms with Gasteiger partial charge >= 0.3 is 0 Å². The van der Waals surface area contributed by atoms with Gasteiger partial charge in [0, 0.05) is 18.6 Å². The van der Waals surface area contributed by atoms with Crippen LogP contribution in [0.2, 0.25) is 0 Å². The van der Waals surface area contributed by atoms with Crippen LogP contribution in [-0.4, -0.2) is 36.6 Å². The molecule has 0 aromatic heterocycles. The third kappa shape index (κ3) is 1.76. The van der Waals surface area contributed by atoms with Gasteiger partial charge < -0.3 is 5.32 Å². The molecule has 96 valence electrons. The zero-order chi connectivity index (χ0) is 11.2. The first-order valence-electron chi connectivity index (χ1n) is 7.89. The van der Waals surface area contributed by atoms with Crippen molar-refractivity contribution in [1.29, 1.82) is 0 Å². The molecule has 1 aliphatic carbocycles. The zero-order valence-corrected chi connectivity index (χ0v) is 10.9. The third-order valence-electron chi connectivity index (χ3n) is 6.08. The van der Waals surface area contributed by atoms with Gasteiger partial charge in [-0.15, -0.1) is 0 Å². The van der Waals surface area contributed by atoms with Crippen LogP contribution >= 0.6 is 0 Å². The second-order valence-electron chi connectivity index (χ2n) is 6.92. The van der Waals surface area contributed by atoms with Crippen LogP contribution in [-0.2, 0) is 0 Å². The molecule has 1 N–H and O–H groups in total.